The number of hydrogen-bond donors (Lipinski definition) is 3. The molecule has 15 heteroatoms. The Balaban J connectivity index is 1.03. The van der Waals surface area contributed by atoms with Crippen LogP contribution in [0.1, 0.15) is 47.8 Å². The molecular weight excluding hydrogens is 763 g/mol. The van der Waals surface area contributed by atoms with Crippen LogP contribution in [0.3, 0.4) is 0 Å². The van der Waals surface area contributed by atoms with Crippen LogP contribution in [0.25, 0.3) is 0 Å². The van der Waals surface area contributed by atoms with Gasteiger partial charge in [0, 0.05) is 16.7 Å². The van der Waals surface area contributed by atoms with E-state index >= 15 is 0 Å². The molecule has 1 heterocycles. The Kier molecular flexibility index (Phi) is 13.0. The third-order valence-corrected chi connectivity index (χ3v) is 8.09. The van der Waals surface area contributed by atoms with Crippen molar-refractivity contribution in [2.24, 2.45) is 15.3 Å². The van der Waals surface area contributed by atoms with Gasteiger partial charge in [-0.15, -0.1) is 15.0 Å². The number of amides is 3. The molecule has 3 N–H and O–H groups in total. The quantitative estimate of drug-likeness (QED) is 0.0695. The molecule has 0 radical (unpaired) electrons. The highest BCUT2D eigenvalue weighted by atomic mass is 16.5. The van der Waals surface area contributed by atoms with Gasteiger partial charge in [-0.3, -0.25) is 14.4 Å². The fraction of sp³-hybridized carbons (Fsp3) is 0. The minimum absolute atomic E-state index is 0.123. The number of rotatable bonds is 15. The number of nitrogens with zero attached hydrogens (tertiary/aromatic N) is 6. The van der Waals surface area contributed by atoms with Crippen molar-refractivity contribution in [1.82, 2.24) is 31.2 Å². The number of carbonyl (C=O) groups is 3. The molecule has 60 heavy (non-hydrogen) atoms. The molecule has 15 nitrogen and oxygen atoms in total. The fourth-order valence-electron chi connectivity index (χ4n) is 5.10. The second-order valence-electron chi connectivity index (χ2n) is 12.4. The fourth-order valence-corrected chi connectivity index (χ4v) is 5.10. The standard InChI is InChI=1S/C45H33N9O6/c55-40(34-10-4-1-5-11-34)52-46-28-31-16-22-37(23-17-31)58-43-49-44(59-38-24-18-32(19-25-38)29-47-53-41(56)35-12-6-2-7-13-35)51-45(50-43)60-39-26-20-33(21-27-39)30-48-54-42(57)36-14-8-3-9-15-36/h1-30H,(H,52,55)(H,53,56)(H,54,57)/b46-28+,47-29+,48-30+. The summed E-state index contributed by atoms with van der Waals surface area (Å²) in [7, 11) is 0. The van der Waals surface area contributed by atoms with Crippen molar-refractivity contribution in [2.45, 2.75) is 0 Å². The monoisotopic (exact) mass is 795 g/mol. The summed E-state index contributed by atoms with van der Waals surface area (Å²) in [5.74, 6) is 0.155. The molecule has 0 unspecified atom stereocenters. The molecule has 0 aliphatic heterocycles. The van der Waals surface area contributed by atoms with Crippen molar-refractivity contribution >= 4 is 36.4 Å². The summed E-state index contributed by atoms with van der Waals surface area (Å²) < 4.78 is 17.9. The maximum atomic E-state index is 12.3. The van der Waals surface area contributed by atoms with Crippen molar-refractivity contribution in [3.05, 3.63) is 197 Å². The van der Waals surface area contributed by atoms with Crippen LogP contribution in [-0.4, -0.2) is 51.3 Å². The van der Waals surface area contributed by atoms with Crippen LogP contribution in [0.5, 0.6) is 35.3 Å². The van der Waals surface area contributed by atoms with E-state index in [-0.39, 0.29) is 35.8 Å². The highest BCUT2D eigenvalue weighted by molar-refractivity contribution is 5.96. The van der Waals surface area contributed by atoms with Gasteiger partial charge in [0.2, 0.25) is 0 Å². The zero-order valence-corrected chi connectivity index (χ0v) is 31.5. The minimum atomic E-state index is -0.332. The maximum Gasteiger partial charge on any atom is 0.331 e. The SMILES string of the molecule is O=C(N/N=C/c1ccc(Oc2nc(Oc3ccc(/C=N/NC(=O)c4ccccc4)cc3)nc(Oc3ccc(/C=N/NC(=O)c4ccccc4)cc3)n2)cc1)c1ccccc1. The van der Waals surface area contributed by atoms with Gasteiger partial charge in [0.1, 0.15) is 17.2 Å². The van der Waals surface area contributed by atoms with E-state index in [0.717, 1.165) is 0 Å². The minimum Gasteiger partial charge on any atom is -0.424 e. The maximum absolute atomic E-state index is 12.3. The third-order valence-electron chi connectivity index (χ3n) is 8.09. The lowest BCUT2D eigenvalue weighted by Crippen LogP contribution is -2.17. The third kappa shape index (κ3) is 11.6. The topological polar surface area (TPSA) is 191 Å². The molecule has 3 amide bonds. The Morgan fingerprint density at radius 2 is 0.617 bits per heavy atom. The summed E-state index contributed by atoms with van der Waals surface area (Å²) in [5.41, 5.74) is 11.0. The molecule has 0 saturated heterocycles. The molecule has 0 aliphatic rings. The molecule has 7 aromatic rings. The van der Waals surface area contributed by atoms with E-state index < -0.39 is 0 Å². The number of hydrazone groups is 3. The van der Waals surface area contributed by atoms with Gasteiger partial charge in [-0.1, -0.05) is 54.6 Å². The van der Waals surface area contributed by atoms with Crippen LogP contribution in [-0.2, 0) is 0 Å². The molecule has 1 aromatic heterocycles. The molecule has 294 valence electrons. The lowest BCUT2D eigenvalue weighted by atomic mass is 10.2. The Bertz CT molecular complexity index is 2320. The Labute approximate surface area is 343 Å². The van der Waals surface area contributed by atoms with Crippen molar-refractivity contribution in [2.75, 3.05) is 0 Å². The van der Waals surface area contributed by atoms with Crippen LogP contribution in [0.4, 0.5) is 0 Å². The molecule has 0 spiro atoms. The predicted octanol–water partition coefficient (Wildman–Crippen LogP) is 7.54. The number of hydrogen-bond acceptors (Lipinski definition) is 12. The van der Waals surface area contributed by atoms with Crippen LogP contribution >= 0.6 is 0 Å². The van der Waals surface area contributed by atoms with Gasteiger partial charge in [0.05, 0.1) is 18.6 Å². The summed E-state index contributed by atoms with van der Waals surface area (Å²) in [4.78, 5) is 49.9. The van der Waals surface area contributed by atoms with Crippen molar-refractivity contribution in [3.8, 4) is 35.3 Å². The average Bonchev–Trinajstić information content (AvgIpc) is 3.29. The van der Waals surface area contributed by atoms with Crippen molar-refractivity contribution in [3.63, 3.8) is 0 Å². The smallest absolute Gasteiger partial charge is 0.331 e. The van der Waals surface area contributed by atoms with Gasteiger partial charge in [0.25, 0.3) is 17.7 Å². The Morgan fingerprint density at radius 3 is 0.867 bits per heavy atom. The summed E-state index contributed by atoms with van der Waals surface area (Å²) in [6.45, 7) is 0. The van der Waals surface area contributed by atoms with E-state index in [0.29, 0.717) is 50.6 Å². The second kappa shape index (κ2) is 19.8. The van der Waals surface area contributed by atoms with Crippen LogP contribution < -0.4 is 30.5 Å². The van der Waals surface area contributed by atoms with Crippen LogP contribution in [0.2, 0.25) is 0 Å². The van der Waals surface area contributed by atoms with E-state index in [4.69, 9.17) is 14.2 Å². The molecule has 6 aromatic carbocycles. The molecule has 0 aliphatic carbocycles. The molecular formula is C45H33N9O6. The Morgan fingerprint density at radius 1 is 0.367 bits per heavy atom. The lowest BCUT2D eigenvalue weighted by molar-refractivity contribution is 0.0947. The first-order valence-electron chi connectivity index (χ1n) is 18.2. The van der Waals surface area contributed by atoms with Crippen LogP contribution in [0, 0.1) is 0 Å². The first-order valence-corrected chi connectivity index (χ1v) is 18.2. The lowest BCUT2D eigenvalue weighted by Gasteiger charge is -2.10. The number of aromatic nitrogens is 3. The highest BCUT2D eigenvalue weighted by Gasteiger charge is 2.14. The van der Waals surface area contributed by atoms with Gasteiger partial charge in [-0.05, 0) is 126 Å². The predicted molar refractivity (Wildman–Crippen MR) is 224 cm³/mol. The summed E-state index contributed by atoms with van der Waals surface area (Å²) in [5, 5.41) is 12.1. The second-order valence-corrected chi connectivity index (χ2v) is 12.4. The largest absolute Gasteiger partial charge is 0.424 e. The van der Waals surface area contributed by atoms with Crippen LogP contribution in [0.15, 0.2) is 179 Å². The van der Waals surface area contributed by atoms with Gasteiger partial charge in [-0.2, -0.15) is 15.3 Å². The molecule has 0 bridgehead atoms. The van der Waals surface area contributed by atoms with Gasteiger partial charge in [0.15, 0.2) is 0 Å². The zero-order valence-electron chi connectivity index (χ0n) is 31.5. The van der Waals surface area contributed by atoms with Gasteiger partial charge in [-0.25, -0.2) is 16.3 Å². The first-order chi connectivity index (χ1) is 29.4. The average molecular weight is 796 g/mol. The van der Waals surface area contributed by atoms with Crippen molar-refractivity contribution < 1.29 is 28.6 Å². The van der Waals surface area contributed by atoms with Gasteiger partial charge >= 0.3 is 18.0 Å². The number of nitrogens with one attached hydrogen (secondary N) is 3. The zero-order chi connectivity index (χ0) is 41.4. The van der Waals surface area contributed by atoms with Crippen molar-refractivity contribution in [1.29, 1.82) is 0 Å². The molecule has 0 fully saturated rings. The van der Waals surface area contributed by atoms with E-state index in [1.165, 1.54) is 18.6 Å². The first kappa shape index (κ1) is 39.4. The highest BCUT2D eigenvalue weighted by Crippen LogP contribution is 2.27. The summed E-state index contributed by atoms with van der Waals surface area (Å²) >= 11 is 0. The molecule has 7 rings (SSSR count). The normalized spacial score (nSPS) is 11.0. The number of ether oxygens (including phenoxy) is 3. The summed E-state index contributed by atoms with van der Waals surface area (Å²) in [6.07, 6.45) is 4.50. The van der Waals surface area contributed by atoms with Gasteiger partial charge < -0.3 is 14.2 Å². The van der Waals surface area contributed by atoms with E-state index in [9.17, 15) is 14.4 Å². The van der Waals surface area contributed by atoms with E-state index in [1.807, 2.05) is 18.2 Å². The number of benzene rings is 6. The molecule has 0 saturated carbocycles. The number of carbonyl (C=O) groups excluding carboxylic acids is 3. The summed E-state index contributed by atoms with van der Waals surface area (Å²) in [6, 6.07) is 46.4. The molecule has 0 atom stereocenters. The van der Waals surface area contributed by atoms with E-state index in [1.54, 1.807) is 146 Å². The Hall–Kier alpha value is -8.85. The van der Waals surface area contributed by atoms with E-state index in [2.05, 4.69) is 46.5 Å².